The van der Waals surface area contributed by atoms with Crippen molar-refractivity contribution in [1.29, 1.82) is 0 Å². The van der Waals surface area contributed by atoms with Gasteiger partial charge in [-0.15, -0.1) is 11.3 Å². The molecular weight excluding hydrogens is 310 g/mol. The molecule has 0 unspecified atom stereocenters. The first-order valence-electron chi connectivity index (χ1n) is 8.63. The van der Waals surface area contributed by atoms with E-state index >= 15 is 0 Å². The molecule has 2 amide bonds. The number of carbonyl (C=O) groups is 2. The molecule has 0 atom stereocenters. The Morgan fingerprint density at radius 1 is 1.00 bits per heavy atom. The van der Waals surface area contributed by atoms with Crippen LogP contribution in [0.25, 0.3) is 0 Å². The van der Waals surface area contributed by atoms with Crippen molar-refractivity contribution < 1.29 is 9.59 Å². The van der Waals surface area contributed by atoms with Crippen molar-refractivity contribution in [1.82, 2.24) is 14.8 Å². The highest BCUT2D eigenvalue weighted by molar-refractivity contribution is 7.13. The number of carbonyl (C=O) groups excluding carboxylic acids is 2. The van der Waals surface area contributed by atoms with Crippen molar-refractivity contribution in [2.24, 2.45) is 5.92 Å². The van der Waals surface area contributed by atoms with Gasteiger partial charge in [0.05, 0.1) is 5.69 Å². The molecule has 0 N–H and O–H groups in total. The van der Waals surface area contributed by atoms with Gasteiger partial charge in [0, 0.05) is 49.8 Å². The van der Waals surface area contributed by atoms with Crippen molar-refractivity contribution >= 4 is 23.2 Å². The predicted molar refractivity (Wildman–Crippen MR) is 90.7 cm³/mol. The second-order valence-electron chi connectivity index (χ2n) is 6.72. The van der Waals surface area contributed by atoms with Crippen LogP contribution in [0.3, 0.4) is 0 Å². The summed E-state index contributed by atoms with van der Waals surface area (Å²) in [6, 6.07) is 0. The Labute approximate surface area is 141 Å². The number of piperidine rings is 1. The minimum Gasteiger partial charge on any atom is -0.342 e. The van der Waals surface area contributed by atoms with Crippen molar-refractivity contribution in [2.75, 3.05) is 26.2 Å². The summed E-state index contributed by atoms with van der Waals surface area (Å²) >= 11 is 1.53. The lowest BCUT2D eigenvalue weighted by Gasteiger charge is -2.25. The number of likely N-dealkylation sites (tertiary alicyclic amines) is 1. The first kappa shape index (κ1) is 16.4. The molecule has 0 bridgehead atoms. The molecule has 5 nitrogen and oxygen atoms in total. The summed E-state index contributed by atoms with van der Waals surface area (Å²) < 4.78 is 0. The highest BCUT2D eigenvalue weighted by Gasteiger charge is 2.26. The van der Waals surface area contributed by atoms with Gasteiger partial charge in [-0.05, 0) is 19.3 Å². The molecule has 6 heteroatoms. The molecule has 0 aliphatic carbocycles. The van der Waals surface area contributed by atoms with Crippen LogP contribution >= 0.6 is 11.3 Å². The fraction of sp³-hybridized carbons (Fsp3) is 0.706. The maximum Gasteiger partial charge on any atom is 0.282 e. The summed E-state index contributed by atoms with van der Waals surface area (Å²) in [6.07, 6.45) is 5.00. The van der Waals surface area contributed by atoms with E-state index in [4.69, 9.17) is 0 Å². The monoisotopic (exact) mass is 335 g/mol. The van der Waals surface area contributed by atoms with E-state index in [1.807, 2.05) is 23.6 Å². The second kappa shape index (κ2) is 6.99. The molecule has 126 valence electrons. The van der Waals surface area contributed by atoms with Crippen molar-refractivity contribution in [3.8, 4) is 0 Å². The number of amides is 2. The Morgan fingerprint density at radius 2 is 1.70 bits per heavy atom. The predicted octanol–water partition coefficient (Wildman–Crippen LogP) is 2.35. The first-order valence-corrected chi connectivity index (χ1v) is 9.44. The lowest BCUT2D eigenvalue weighted by atomic mass is 10.1. The molecule has 3 heterocycles. The van der Waals surface area contributed by atoms with Crippen LogP contribution in [0, 0.1) is 5.92 Å². The second-order valence-corrected chi connectivity index (χ2v) is 7.81. The zero-order valence-electron chi connectivity index (χ0n) is 14.0. The Bertz CT molecular complexity index is 565. The molecule has 0 aromatic carbocycles. The first-order chi connectivity index (χ1) is 11.1. The number of rotatable bonds is 2. The molecule has 0 radical (unpaired) electrons. The van der Waals surface area contributed by atoms with Gasteiger partial charge < -0.3 is 9.80 Å². The third kappa shape index (κ3) is 3.57. The summed E-state index contributed by atoms with van der Waals surface area (Å²) in [5, 5.41) is 0.639. The standard InChI is InChI=1S/C17H25N3O2S/c1-12(2)16(21)20-10-6-13-14(7-11-20)23-15(18-13)17(22)19-8-4-3-5-9-19/h12H,3-11H2,1-2H3. The largest absolute Gasteiger partial charge is 0.342 e. The molecule has 0 saturated carbocycles. The van der Waals surface area contributed by atoms with Crippen LogP contribution in [0.15, 0.2) is 0 Å². The summed E-state index contributed by atoms with van der Waals surface area (Å²) in [4.78, 5) is 34.4. The highest BCUT2D eigenvalue weighted by Crippen LogP contribution is 2.25. The maximum atomic E-state index is 12.6. The van der Waals surface area contributed by atoms with Crippen LogP contribution in [-0.4, -0.2) is 52.8 Å². The van der Waals surface area contributed by atoms with E-state index in [0.717, 1.165) is 51.0 Å². The van der Waals surface area contributed by atoms with Crippen molar-refractivity contribution in [3.05, 3.63) is 15.6 Å². The van der Waals surface area contributed by atoms with Gasteiger partial charge in [-0.3, -0.25) is 9.59 Å². The van der Waals surface area contributed by atoms with Crippen LogP contribution in [-0.2, 0) is 17.6 Å². The van der Waals surface area contributed by atoms with Crippen LogP contribution in [0.5, 0.6) is 0 Å². The molecule has 2 aliphatic rings. The number of aromatic nitrogens is 1. The van der Waals surface area contributed by atoms with E-state index in [1.165, 1.54) is 22.6 Å². The van der Waals surface area contributed by atoms with Crippen molar-refractivity contribution in [2.45, 2.75) is 46.0 Å². The molecule has 0 spiro atoms. The zero-order valence-corrected chi connectivity index (χ0v) is 14.8. The average molecular weight is 335 g/mol. The summed E-state index contributed by atoms with van der Waals surface area (Å²) in [5.41, 5.74) is 1.02. The van der Waals surface area contributed by atoms with Gasteiger partial charge in [0.15, 0.2) is 5.01 Å². The van der Waals surface area contributed by atoms with Crippen LogP contribution in [0.1, 0.15) is 53.5 Å². The van der Waals surface area contributed by atoms with Gasteiger partial charge in [-0.1, -0.05) is 13.8 Å². The third-order valence-electron chi connectivity index (χ3n) is 4.64. The van der Waals surface area contributed by atoms with E-state index in [-0.39, 0.29) is 17.7 Å². The van der Waals surface area contributed by atoms with Gasteiger partial charge >= 0.3 is 0 Å². The Morgan fingerprint density at radius 3 is 2.39 bits per heavy atom. The molecule has 1 fully saturated rings. The SMILES string of the molecule is CC(C)C(=O)N1CCc2nc(C(=O)N3CCCCC3)sc2CC1. The molecule has 1 aromatic heterocycles. The van der Waals surface area contributed by atoms with Gasteiger partial charge in [0.2, 0.25) is 5.91 Å². The number of hydrogen-bond donors (Lipinski definition) is 0. The van der Waals surface area contributed by atoms with E-state index in [1.54, 1.807) is 0 Å². The van der Waals surface area contributed by atoms with Gasteiger partial charge in [0.25, 0.3) is 5.91 Å². The molecule has 1 saturated heterocycles. The van der Waals surface area contributed by atoms with Crippen LogP contribution in [0.4, 0.5) is 0 Å². The lowest BCUT2D eigenvalue weighted by molar-refractivity contribution is -0.134. The van der Waals surface area contributed by atoms with Crippen LogP contribution in [0.2, 0.25) is 0 Å². The van der Waals surface area contributed by atoms with Crippen LogP contribution < -0.4 is 0 Å². The summed E-state index contributed by atoms with van der Waals surface area (Å²) in [6.45, 7) is 7.06. The third-order valence-corrected chi connectivity index (χ3v) is 5.78. The van der Waals surface area contributed by atoms with E-state index < -0.39 is 0 Å². The number of fused-ring (bicyclic) bond motifs is 1. The molecule has 3 rings (SSSR count). The quantitative estimate of drug-likeness (QED) is 0.834. The van der Waals surface area contributed by atoms with E-state index in [0.29, 0.717) is 11.6 Å². The number of hydrogen-bond acceptors (Lipinski definition) is 4. The topological polar surface area (TPSA) is 53.5 Å². The number of thiazole rings is 1. The molecule has 2 aliphatic heterocycles. The summed E-state index contributed by atoms with van der Waals surface area (Å²) in [5.74, 6) is 0.345. The molecule has 23 heavy (non-hydrogen) atoms. The van der Waals surface area contributed by atoms with E-state index in [2.05, 4.69) is 4.98 Å². The summed E-state index contributed by atoms with van der Waals surface area (Å²) in [7, 11) is 0. The zero-order chi connectivity index (χ0) is 16.4. The molecular formula is C17H25N3O2S. The smallest absolute Gasteiger partial charge is 0.282 e. The number of nitrogens with zero attached hydrogens (tertiary/aromatic N) is 3. The Kier molecular flexibility index (Phi) is 4.99. The fourth-order valence-corrected chi connectivity index (χ4v) is 4.34. The average Bonchev–Trinajstić information content (AvgIpc) is 2.87. The van der Waals surface area contributed by atoms with Gasteiger partial charge in [0.1, 0.15) is 0 Å². The Hall–Kier alpha value is -1.43. The molecule has 1 aromatic rings. The van der Waals surface area contributed by atoms with Gasteiger partial charge in [-0.2, -0.15) is 0 Å². The van der Waals surface area contributed by atoms with Crippen molar-refractivity contribution in [3.63, 3.8) is 0 Å². The lowest BCUT2D eigenvalue weighted by Crippen LogP contribution is -2.36. The minimum atomic E-state index is 0.0373. The fourth-order valence-electron chi connectivity index (χ4n) is 3.27. The minimum absolute atomic E-state index is 0.0373. The normalized spacial score (nSPS) is 18.7. The van der Waals surface area contributed by atoms with Gasteiger partial charge in [-0.25, -0.2) is 4.98 Å². The maximum absolute atomic E-state index is 12.6. The van der Waals surface area contributed by atoms with E-state index in [9.17, 15) is 9.59 Å². The Balaban J connectivity index is 1.68. The highest BCUT2D eigenvalue weighted by atomic mass is 32.1.